The van der Waals surface area contributed by atoms with Gasteiger partial charge in [-0.15, -0.1) is 0 Å². The van der Waals surface area contributed by atoms with Crippen LogP contribution in [0, 0.1) is 0 Å². The number of benzene rings is 6. The minimum atomic E-state index is -4.57. The number of anilines is 6. The first-order valence-corrected chi connectivity index (χ1v) is 15.3. The number of fused-ring (bicyclic) bond motifs is 8. The summed E-state index contributed by atoms with van der Waals surface area (Å²) in [6.07, 6.45) is -9.14. The Morgan fingerprint density at radius 2 is 0.700 bits per heavy atom. The zero-order valence-corrected chi connectivity index (χ0v) is 25.2. The summed E-state index contributed by atoms with van der Waals surface area (Å²) in [6, 6.07) is 27.7. The zero-order chi connectivity index (χ0) is 34.1. The number of hydrogen-bond donors (Lipinski definition) is 0. The first-order chi connectivity index (χ1) is 24.0. The Balaban J connectivity index is 1.14. The topological polar surface area (TPSA) is 43.4 Å². The molecule has 50 heavy (non-hydrogen) atoms. The quantitative estimate of drug-likeness (QED) is 0.161. The van der Waals surface area contributed by atoms with Crippen molar-refractivity contribution in [2.45, 2.75) is 12.4 Å². The second-order valence-corrected chi connectivity index (χ2v) is 12.0. The van der Waals surface area contributed by atoms with Gasteiger partial charge >= 0.3 is 12.4 Å². The third-order valence-corrected chi connectivity index (χ3v) is 9.01. The van der Waals surface area contributed by atoms with E-state index in [1.165, 1.54) is 12.1 Å². The molecule has 0 atom stereocenters. The van der Waals surface area contributed by atoms with Gasteiger partial charge in [0.1, 0.15) is 11.4 Å². The van der Waals surface area contributed by atoms with E-state index in [0.29, 0.717) is 68.4 Å². The lowest BCUT2D eigenvalue weighted by Crippen LogP contribution is -2.21. The molecule has 4 heterocycles. The number of para-hydroxylation sites is 4. The van der Waals surface area contributed by atoms with Gasteiger partial charge in [-0.2, -0.15) is 26.3 Å². The average molecular weight is 681 g/mol. The minimum Gasteiger partial charge on any atom is -0.453 e. The van der Waals surface area contributed by atoms with Crippen molar-refractivity contribution in [2.24, 2.45) is 0 Å². The van der Waals surface area contributed by atoms with E-state index in [9.17, 15) is 26.3 Å². The Morgan fingerprint density at radius 3 is 1.06 bits per heavy atom. The van der Waals surface area contributed by atoms with E-state index in [1.54, 1.807) is 82.6 Å². The van der Waals surface area contributed by atoms with Gasteiger partial charge in [0.2, 0.25) is 0 Å². The monoisotopic (exact) mass is 680 g/mol. The number of hydrogen-bond acceptors (Lipinski definition) is 6. The van der Waals surface area contributed by atoms with Crippen molar-refractivity contribution >= 4 is 34.1 Å². The molecule has 0 spiro atoms. The fourth-order valence-electron chi connectivity index (χ4n) is 6.83. The maximum atomic E-state index is 13.8. The Hall–Kier alpha value is -6.30. The third kappa shape index (κ3) is 4.11. The maximum absolute atomic E-state index is 13.8. The summed E-state index contributed by atoms with van der Waals surface area (Å²) < 4.78 is 108. The lowest BCUT2D eigenvalue weighted by molar-refractivity contribution is -0.138. The molecule has 0 unspecified atom stereocenters. The molecule has 12 heteroatoms. The molecule has 0 aromatic heterocycles. The van der Waals surface area contributed by atoms with Gasteiger partial charge in [-0.1, -0.05) is 24.3 Å². The highest BCUT2D eigenvalue weighted by Crippen LogP contribution is 2.63. The third-order valence-electron chi connectivity index (χ3n) is 9.01. The van der Waals surface area contributed by atoms with Crippen LogP contribution in [0.5, 0.6) is 46.0 Å². The number of nitrogens with zero attached hydrogens (tertiary/aromatic N) is 2. The highest BCUT2D eigenvalue weighted by atomic mass is 19.4. The molecular formula is C38H18F6N2O4. The van der Waals surface area contributed by atoms with E-state index < -0.39 is 23.5 Å². The van der Waals surface area contributed by atoms with Crippen molar-refractivity contribution < 1.29 is 45.3 Å². The van der Waals surface area contributed by atoms with Crippen LogP contribution in [-0.4, -0.2) is 0 Å². The number of halogens is 6. The van der Waals surface area contributed by atoms with Gasteiger partial charge in [0.25, 0.3) is 0 Å². The van der Waals surface area contributed by atoms with E-state index in [4.69, 9.17) is 18.9 Å². The summed E-state index contributed by atoms with van der Waals surface area (Å²) in [5.41, 5.74) is 1.94. The molecule has 4 aliphatic rings. The molecular weight excluding hydrogens is 662 g/mol. The van der Waals surface area contributed by atoms with E-state index in [1.807, 2.05) is 0 Å². The lowest BCUT2D eigenvalue weighted by Gasteiger charge is -2.39. The number of ether oxygens (including phenoxy) is 4. The van der Waals surface area contributed by atoms with Crippen LogP contribution in [0.25, 0.3) is 11.1 Å². The summed E-state index contributed by atoms with van der Waals surface area (Å²) in [6.45, 7) is 0. The number of alkyl halides is 6. The SMILES string of the molecule is FC(F)(F)c1ccc2c(c1)N1c3ccccc3Oc3cc(-c4cc5c6c(c4)Oc4ccc(C(F)(F)F)cc4N6c4ccccc4O5)cc(c31)O2. The molecule has 4 aliphatic heterocycles. The Labute approximate surface area is 278 Å². The summed E-state index contributed by atoms with van der Waals surface area (Å²) in [7, 11) is 0. The normalized spacial score (nSPS) is 14.4. The Morgan fingerprint density at radius 1 is 0.360 bits per heavy atom. The summed E-state index contributed by atoms with van der Waals surface area (Å²) >= 11 is 0. The first kappa shape index (κ1) is 28.7. The predicted octanol–water partition coefficient (Wildman–Crippen LogP) is 12.8. The van der Waals surface area contributed by atoms with Crippen LogP contribution in [0.3, 0.4) is 0 Å². The van der Waals surface area contributed by atoms with Crippen LogP contribution in [-0.2, 0) is 12.4 Å². The van der Waals surface area contributed by atoms with Gasteiger partial charge in [0, 0.05) is 0 Å². The van der Waals surface area contributed by atoms with Crippen molar-refractivity contribution in [2.75, 3.05) is 9.80 Å². The molecule has 6 aromatic carbocycles. The van der Waals surface area contributed by atoms with Gasteiger partial charge < -0.3 is 18.9 Å². The molecule has 0 amide bonds. The van der Waals surface area contributed by atoms with Crippen LogP contribution in [0.4, 0.5) is 60.5 Å². The zero-order valence-electron chi connectivity index (χ0n) is 25.2. The Bertz CT molecular complexity index is 2250. The summed E-state index contributed by atoms with van der Waals surface area (Å²) in [5, 5.41) is 0. The van der Waals surface area contributed by atoms with Gasteiger partial charge in [0.05, 0.1) is 33.9 Å². The summed E-state index contributed by atoms with van der Waals surface area (Å²) in [5.74, 6) is 2.66. The highest BCUT2D eigenvalue weighted by molar-refractivity contribution is 5.98. The van der Waals surface area contributed by atoms with E-state index >= 15 is 0 Å². The van der Waals surface area contributed by atoms with Gasteiger partial charge in [0.15, 0.2) is 46.0 Å². The van der Waals surface area contributed by atoms with Crippen molar-refractivity contribution in [3.8, 4) is 57.1 Å². The summed E-state index contributed by atoms with van der Waals surface area (Å²) in [4.78, 5) is 3.40. The van der Waals surface area contributed by atoms with Gasteiger partial charge in [-0.25, -0.2) is 0 Å². The molecule has 0 fully saturated rings. The molecule has 0 N–H and O–H groups in total. The molecule has 246 valence electrons. The number of rotatable bonds is 1. The van der Waals surface area contributed by atoms with Gasteiger partial charge in [-0.05, 0) is 96.1 Å². The largest absolute Gasteiger partial charge is 0.453 e. The van der Waals surface area contributed by atoms with Crippen LogP contribution < -0.4 is 28.7 Å². The van der Waals surface area contributed by atoms with Gasteiger partial charge in [-0.3, -0.25) is 9.80 Å². The van der Waals surface area contributed by atoms with Crippen molar-refractivity contribution in [1.29, 1.82) is 0 Å². The molecule has 6 nitrogen and oxygen atoms in total. The minimum absolute atomic E-state index is 0.211. The fraction of sp³-hybridized carbons (Fsp3) is 0.0526. The van der Waals surface area contributed by atoms with Crippen LogP contribution in [0.15, 0.2) is 109 Å². The maximum Gasteiger partial charge on any atom is 0.416 e. The molecule has 0 radical (unpaired) electrons. The second-order valence-electron chi connectivity index (χ2n) is 12.0. The van der Waals surface area contributed by atoms with Crippen molar-refractivity contribution in [3.63, 3.8) is 0 Å². The van der Waals surface area contributed by atoms with Crippen molar-refractivity contribution in [3.05, 3.63) is 120 Å². The first-order valence-electron chi connectivity index (χ1n) is 15.3. The highest BCUT2D eigenvalue weighted by Gasteiger charge is 2.40. The molecule has 0 bridgehead atoms. The van der Waals surface area contributed by atoms with E-state index in [2.05, 4.69) is 0 Å². The average Bonchev–Trinajstić information content (AvgIpc) is 3.09. The predicted molar refractivity (Wildman–Crippen MR) is 172 cm³/mol. The smallest absolute Gasteiger partial charge is 0.416 e. The molecule has 0 saturated carbocycles. The Kier molecular flexibility index (Phi) is 5.54. The van der Waals surface area contributed by atoms with E-state index in [0.717, 1.165) is 24.3 Å². The molecule has 10 rings (SSSR count). The second kappa shape index (κ2) is 9.65. The van der Waals surface area contributed by atoms with Crippen molar-refractivity contribution in [1.82, 2.24) is 0 Å². The molecule has 6 aromatic rings. The standard InChI is InChI=1S/C38H18F6N2O4/c39-37(40,41)21-9-11-29-25(17-21)45-23-5-1-3-7-27(23)47-31-13-19(15-33(49-29)35(31)45)20-14-32-36-34(16-20)50-30-12-10-22(38(42,43)44)18-26(30)46(36)24-6-2-4-8-28(24)48-32/h1-18H. The van der Waals surface area contributed by atoms with E-state index in [-0.39, 0.29) is 22.9 Å². The van der Waals surface area contributed by atoms with Crippen LogP contribution >= 0.6 is 0 Å². The lowest BCUT2D eigenvalue weighted by atomic mass is 9.98. The molecule has 0 saturated heterocycles. The fourth-order valence-corrected chi connectivity index (χ4v) is 6.83. The van der Waals surface area contributed by atoms with Crippen LogP contribution in [0.2, 0.25) is 0 Å². The van der Waals surface area contributed by atoms with Crippen LogP contribution in [0.1, 0.15) is 11.1 Å². The molecule has 0 aliphatic carbocycles.